The van der Waals surface area contributed by atoms with Gasteiger partial charge in [0, 0.05) is 19.1 Å². The third-order valence-electron chi connectivity index (χ3n) is 2.53. The number of benzene rings is 1. The fraction of sp³-hybridized carbons (Fsp3) is 0.385. The van der Waals surface area contributed by atoms with Crippen LogP contribution in [0.4, 0.5) is 0 Å². The van der Waals surface area contributed by atoms with E-state index in [0.717, 1.165) is 5.56 Å². The molecule has 1 N–H and O–H groups in total. The van der Waals surface area contributed by atoms with Gasteiger partial charge in [0.25, 0.3) is 5.89 Å². The van der Waals surface area contributed by atoms with Crippen LogP contribution in [0.2, 0.25) is 0 Å². The van der Waals surface area contributed by atoms with Crippen molar-refractivity contribution in [1.82, 2.24) is 10.1 Å². The lowest BCUT2D eigenvalue weighted by atomic mass is 10.2. The second kappa shape index (κ2) is 6.86. The Labute approximate surface area is 111 Å². The van der Waals surface area contributed by atoms with Crippen LogP contribution in [0, 0.1) is 0 Å². The van der Waals surface area contributed by atoms with E-state index in [4.69, 9.17) is 14.0 Å². The first-order chi connectivity index (χ1) is 9.33. The zero-order chi connectivity index (χ0) is 13.5. The molecule has 0 bridgehead atoms. The number of ether oxygens (including phenoxy) is 2. The van der Waals surface area contributed by atoms with Gasteiger partial charge in [0.15, 0.2) is 12.4 Å². The van der Waals surface area contributed by atoms with Crippen LogP contribution < -0.4 is 4.74 Å². The lowest BCUT2D eigenvalue weighted by molar-refractivity contribution is 0.199. The van der Waals surface area contributed by atoms with Crippen molar-refractivity contribution in [1.29, 1.82) is 0 Å². The van der Waals surface area contributed by atoms with Crippen LogP contribution in [-0.2, 0) is 24.4 Å². The molecule has 2 aromatic rings. The Balaban J connectivity index is 1.93. The van der Waals surface area contributed by atoms with Crippen molar-refractivity contribution in [3.63, 3.8) is 0 Å². The third-order valence-corrected chi connectivity index (χ3v) is 2.53. The molecule has 0 aliphatic rings. The van der Waals surface area contributed by atoms with Crippen molar-refractivity contribution in [2.45, 2.75) is 19.6 Å². The van der Waals surface area contributed by atoms with E-state index in [9.17, 15) is 5.11 Å². The summed E-state index contributed by atoms with van der Waals surface area (Å²) in [4.78, 5) is 4.17. The zero-order valence-electron chi connectivity index (χ0n) is 10.7. The van der Waals surface area contributed by atoms with E-state index in [1.54, 1.807) is 19.2 Å². The van der Waals surface area contributed by atoms with Crippen LogP contribution in [-0.4, -0.2) is 29.0 Å². The Kier molecular flexibility index (Phi) is 4.88. The molecule has 0 atom stereocenters. The Bertz CT molecular complexity index is 513. The number of aliphatic hydroxyl groups is 1. The van der Waals surface area contributed by atoms with Crippen molar-refractivity contribution < 1.29 is 19.1 Å². The second-order valence-electron chi connectivity index (χ2n) is 3.90. The van der Waals surface area contributed by atoms with Crippen LogP contribution >= 0.6 is 0 Å². The summed E-state index contributed by atoms with van der Waals surface area (Å²) in [5, 5.41) is 13.0. The molecule has 0 unspecified atom stereocenters. The van der Waals surface area contributed by atoms with Crippen molar-refractivity contribution in [3.8, 4) is 5.75 Å². The second-order valence-corrected chi connectivity index (χ2v) is 3.90. The predicted molar refractivity (Wildman–Crippen MR) is 66.6 cm³/mol. The van der Waals surface area contributed by atoms with Crippen LogP contribution in [0.3, 0.4) is 0 Å². The van der Waals surface area contributed by atoms with Crippen LogP contribution in [0.5, 0.6) is 5.75 Å². The van der Waals surface area contributed by atoms with Gasteiger partial charge in [-0.15, -0.1) is 0 Å². The largest absolute Gasteiger partial charge is 0.483 e. The Hall–Kier alpha value is -1.92. The summed E-state index contributed by atoms with van der Waals surface area (Å²) in [7, 11) is 1.62. The molecule has 1 aromatic carbocycles. The average Bonchev–Trinajstić information content (AvgIpc) is 2.91. The molecule has 6 heteroatoms. The van der Waals surface area contributed by atoms with Gasteiger partial charge in [-0.2, -0.15) is 4.98 Å². The van der Waals surface area contributed by atoms with Gasteiger partial charge in [-0.25, -0.2) is 0 Å². The normalized spacial score (nSPS) is 10.6. The van der Waals surface area contributed by atoms with E-state index < -0.39 is 0 Å². The van der Waals surface area contributed by atoms with Crippen LogP contribution in [0.25, 0.3) is 0 Å². The number of aromatic nitrogens is 2. The van der Waals surface area contributed by atoms with Gasteiger partial charge in [0.1, 0.15) is 5.75 Å². The highest BCUT2D eigenvalue weighted by Gasteiger charge is 2.08. The molecule has 0 saturated heterocycles. The van der Waals surface area contributed by atoms with E-state index in [-0.39, 0.29) is 13.2 Å². The Morgan fingerprint density at radius 2 is 2.16 bits per heavy atom. The molecule has 0 spiro atoms. The minimum Gasteiger partial charge on any atom is -0.483 e. The molecular weight excluding hydrogens is 248 g/mol. The summed E-state index contributed by atoms with van der Waals surface area (Å²) in [6.07, 6.45) is 0.604. The SMILES string of the molecule is COCCc1noc(COc2ccccc2CO)n1. The van der Waals surface area contributed by atoms with Gasteiger partial charge in [-0.05, 0) is 6.07 Å². The Morgan fingerprint density at radius 3 is 2.95 bits per heavy atom. The van der Waals surface area contributed by atoms with E-state index in [1.807, 2.05) is 12.1 Å². The zero-order valence-corrected chi connectivity index (χ0v) is 10.7. The van der Waals surface area contributed by atoms with Gasteiger partial charge >= 0.3 is 0 Å². The topological polar surface area (TPSA) is 77.6 Å². The number of hydrogen-bond acceptors (Lipinski definition) is 6. The number of aliphatic hydroxyl groups excluding tert-OH is 1. The van der Waals surface area contributed by atoms with E-state index in [2.05, 4.69) is 10.1 Å². The van der Waals surface area contributed by atoms with Gasteiger partial charge < -0.3 is 19.1 Å². The lowest BCUT2D eigenvalue weighted by Gasteiger charge is -2.07. The number of nitrogens with zero attached hydrogens (tertiary/aromatic N) is 2. The van der Waals surface area contributed by atoms with Gasteiger partial charge in [-0.1, -0.05) is 23.4 Å². The number of hydrogen-bond donors (Lipinski definition) is 1. The maximum atomic E-state index is 9.17. The molecule has 102 valence electrons. The maximum Gasteiger partial charge on any atom is 0.264 e. The first kappa shape index (κ1) is 13.5. The van der Waals surface area contributed by atoms with E-state index in [1.165, 1.54) is 0 Å². The van der Waals surface area contributed by atoms with Crippen molar-refractivity contribution in [3.05, 3.63) is 41.5 Å². The fourth-order valence-corrected chi connectivity index (χ4v) is 1.56. The van der Waals surface area contributed by atoms with E-state index in [0.29, 0.717) is 30.5 Å². The summed E-state index contributed by atoms with van der Waals surface area (Å²) in [6.45, 7) is 0.656. The maximum absolute atomic E-state index is 9.17. The summed E-state index contributed by atoms with van der Waals surface area (Å²) in [6, 6.07) is 7.27. The predicted octanol–water partition coefficient (Wildman–Crippen LogP) is 1.33. The highest BCUT2D eigenvalue weighted by atomic mass is 16.5. The lowest BCUT2D eigenvalue weighted by Crippen LogP contribution is -2.00. The molecule has 6 nitrogen and oxygen atoms in total. The average molecular weight is 264 g/mol. The summed E-state index contributed by atoms with van der Waals surface area (Å²) in [5.41, 5.74) is 0.724. The smallest absolute Gasteiger partial charge is 0.264 e. The summed E-state index contributed by atoms with van der Waals surface area (Å²) >= 11 is 0. The molecule has 0 fully saturated rings. The fourth-order valence-electron chi connectivity index (χ4n) is 1.56. The third kappa shape index (κ3) is 3.77. The standard InChI is InChI=1S/C13H16N2O4/c1-17-7-6-12-14-13(19-15-12)9-18-11-5-3-2-4-10(11)8-16/h2-5,16H,6-9H2,1H3. The van der Waals surface area contributed by atoms with Crippen molar-refractivity contribution in [2.75, 3.05) is 13.7 Å². The highest BCUT2D eigenvalue weighted by Crippen LogP contribution is 2.18. The van der Waals surface area contributed by atoms with Gasteiger partial charge in [-0.3, -0.25) is 0 Å². The minimum atomic E-state index is -0.0703. The van der Waals surface area contributed by atoms with Crippen LogP contribution in [0.1, 0.15) is 17.3 Å². The van der Waals surface area contributed by atoms with Crippen molar-refractivity contribution in [2.24, 2.45) is 0 Å². The molecule has 1 heterocycles. The Morgan fingerprint density at radius 1 is 1.32 bits per heavy atom. The highest BCUT2D eigenvalue weighted by molar-refractivity contribution is 5.32. The monoisotopic (exact) mass is 264 g/mol. The molecule has 19 heavy (non-hydrogen) atoms. The first-order valence-electron chi connectivity index (χ1n) is 5.95. The van der Waals surface area contributed by atoms with Gasteiger partial charge in [0.2, 0.25) is 0 Å². The summed E-state index contributed by atoms with van der Waals surface area (Å²) in [5.74, 6) is 1.61. The first-order valence-corrected chi connectivity index (χ1v) is 5.95. The molecule has 0 radical (unpaired) electrons. The minimum absolute atomic E-state index is 0.0703. The van der Waals surface area contributed by atoms with Crippen molar-refractivity contribution >= 4 is 0 Å². The number of para-hydroxylation sites is 1. The molecule has 2 rings (SSSR count). The number of rotatable bonds is 7. The number of methoxy groups -OCH3 is 1. The molecular formula is C13H16N2O4. The molecule has 0 aliphatic heterocycles. The molecule has 0 aliphatic carbocycles. The molecule has 0 amide bonds. The summed E-state index contributed by atoms with van der Waals surface area (Å²) < 4.78 is 15.5. The molecule has 0 saturated carbocycles. The quantitative estimate of drug-likeness (QED) is 0.813. The van der Waals surface area contributed by atoms with Crippen LogP contribution in [0.15, 0.2) is 28.8 Å². The van der Waals surface area contributed by atoms with Gasteiger partial charge in [0.05, 0.1) is 13.2 Å². The van der Waals surface area contributed by atoms with E-state index >= 15 is 0 Å². The molecule has 1 aromatic heterocycles.